The van der Waals surface area contributed by atoms with Crippen LogP contribution < -0.4 is 0 Å². The van der Waals surface area contributed by atoms with Crippen LogP contribution in [0.3, 0.4) is 0 Å². The molecule has 0 amide bonds. The molecule has 1 rings (SSSR count). The molecule has 0 unspecified atom stereocenters. The van der Waals surface area contributed by atoms with E-state index in [0.29, 0.717) is 0 Å². The molecule has 1 fully saturated rings. The van der Waals surface area contributed by atoms with E-state index in [1.54, 1.807) is 0 Å². The Bertz CT molecular complexity index is 150. The Morgan fingerprint density at radius 2 is 2.00 bits per heavy atom. The van der Waals surface area contributed by atoms with Crippen molar-refractivity contribution in [2.45, 2.75) is 38.6 Å². The maximum Gasteiger partial charge on any atom is 0.0166 e. The minimum absolute atomic E-state index is 0.856. The SMILES string of the molecule is CCN(CC=CCS)C1CCCC1. The summed E-state index contributed by atoms with van der Waals surface area (Å²) in [6.45, 7) is 4.55. The summed E-state index contributed by atoms with van der Waals surface area (Å²) in [4.78, 5) is 2.58. The van der Waals surface area contributed by atoms with Gasteiger partial charge in [-0.3, -0.25) is 4.90 Å². The molecule has 0 atom stereocenters. The predicted octanol–water partition coefficient (Wildman–Crippen LogP) is 2.74. The highest BCUT2D eigenvalue weighted by Crippen LogP contribution is 2.22. The summed E-state index contributed by atoms with van der Waals surface area (Å²) in [5.74, 6) is 0.863. The molecule has 13 heavy (non-hydrogen) atoms. The smallest absolute Gasteiger partial charge is 0.0166 e. The summed E-state index contributed by atoms with van der Waals surface area (Å²) in [6.07, 6.45) is 10.1. The van der Waals surface area contributed by atoms with Gasteiger partial charge in [0.2, 0.25) is 0 Å². The van der Waals surface area contributed by atoms with E-state index < -0.39 is 0 Å². The standard InChI is InChI=1S/C11H21NS/c1-2-12(9-5-6-10-13)11-7-3-4-8-11/h5-6,11,13H,2-4,7-10H2,1H3. The van der Waals surface area contributed by atoms with Crippen LogP contribution in [0.2, 0.25) is 0 Å². The molecular weight excluding hydrogens is 178 g/mol. The zero-order chi connectivity index (χ0) is 9.52. The average Bonchev–Trinajstić information content (AvgIpc) is 2.65. The largest absolute Gasteiger partial charge is 0.297 e. The molecule has 2 heteroatoms. The van der Waals surface area contributed by atoms with Gasteiger partial charge in [-0.15, -0.1) is 0 Å². The van der Waals surface area contributed by atoms with Crippen molar-refractivity contribution in [2.24, 2.45) is 0 Å². The van der Waals surface area contributed by atoms with E-state index in [9.17, 15) is 0 Å². The van der Waals surface area contributed by atoms with Gasteiger partial charge in [0, 0.05) is 18.3 Å². The molecule has 0 saturated heterocycles. The highest BCUT2D eigenvalue weighted by molar-refractivity contribution is 7.80. The highest BCUT2D eigenvalue weighted by atomic mass is 32.1. The molecule has 0 radical (unpaired) electrons. The molecule has 0 aromatic heterocycles. The molecule has 0 heterocycles. The second-order valence-electron chi connectivity index (χ2n) is 3.68. The second kappa shape index (κ2) is 6.50. The van der Waals surface area contributed by atoms with Gasteiger partial charge in [0.1, 0.15) is 0 Å². The van der Waals surface area contributed by atoms with Crippen LogP contribution in [0.15, 0.2) is 12.2 Å². The van der Waals surface area contributed by atoms with Crippen molar-refractivity contribution in [3.8, 4) is 0 Å². The lowest BCUT2D eigenvalue weighted by molar-refractivity contribution is 0.232. The molecule has 1 aliphatic rings. The molecule has 0 spiro atoms. The van der Waals surface area contributed by atoms with Crippen LogP contribution in [0.25, 0.3) is 0 Å². The molecule has 1 aliphatic carbocycles. The number of hydrogen-bond donors (Lipinski definition) is 1. The highest BCUT2D eigenvalue weighted by Gasteiger charge is 2.19. The fourth-order valence-electron chi connectivity index (χ4n) is 2.09. The third-order valence-electron chi connectivity index (χ3n) is 2.86. The lowest BCUT2D eigenvalue weighted by Gasteiger charge is -2.25. The first-order chi connectivity index (χ1) is 6.38. The van der Waals surface area contributed by atoms with Gasteiger partial charge in [-0.25, -0.2) is 0 Å². The van der Waals surface area contributed by atoms with Gasteiger partial charge in [-0.05, 0) is 19.4 Å². The Labute approximate surface area is 87.6 Å². The van der Waals surface area contributed by atoms with Crippen molar-refractivity contribution in [2.75, 3.05) is 18.8 Å². The van der Waals surface area contributed by atoms with E-state index in [2.05, 4.69) is 36.6 Å². The summed E-state index contributed by atoms with van der Waals surface area (Å²) in [5.41, 5.74) is 0. The van der Waals surface area contributed by atoms with E-state index in [4.69, 9.17) is 0 Å². The number of hydrogen-bond acceptors (Lipinski definition) is 2. The number of rotatable bonds is 5. The predicted molar refractivity (Wildman–Crippen MR) is 62.5 cm³/mol. The van der Waals surface area contributed by atoms with Crippen LogP contribution in [0.4, 0.5) is 0 Å². The van der Waals surface area contributed by atoms with Gasteiger partial charge in [0.05, 0.1) is 0 Å². The van der Waals surface area contributed by atoms with E-state index in [1.165, 1.54) is 32.2 Å². The number of likely N-dealkylation sites (N-methyl/N-ethyl adjacent to an activating group) is 1. The fourth-order valence-corrected chi connectivity index (χ4v) is 2.24. The fraction of sp³-hybridized carbons (Fsp3) is 0.818. The minimum Gasteiger partial charge on any atom is -0.297 e. The van der Waals surface area contributed by atoms with Gasteiger partial charge in [0.15, 0.2) is 0 Å². The monoisotopic (exact) mass is 199 g/mol. The van der Waals surface area contributed by atoms with Crippen molar-refractivity contribution in [3.05, 3.63) is 12.2 Å². The van der Waals surface area contributed by atoms with Crippen LogP contribution in [0, 0.1) is 0 Å². The van der Waals surface area contributed by atoms with Crippen LogP contribution >= 0.6 is 12.6 Å². The van der Waals surface area contributed by atoms with Crippen LogP contribution in [0.5, 0.6) is 0 Å². The van der Waals surface area contributed by atoms with Crippen LogP contribution in [0.1, 0.15) is 32.6 Å². The normalized spacial score (nSPS) is 19.3. The zero-order valence-electron chi connectivity index (χ0n) is 8.58. The van der Waals surface area contributed by atoms with Crippen molar-refractivity contribution in [1.82, 2.24) is 4.90 Å². The van der Waals surface area contributed by atoms with Crippen molar-refractivity contribution in [1.29, 1.82) is 0 Å². The molecule has 0 aromatic rings. The molecule has 1 saturated carbocycles. The van der Waals surface area contributed by atoms with Crippen LogP contribution in [-0.2, 0) is 0 Å². The minimum atomic E-state index is 0.856. The maximum atomic E-state index is 4.16. The Balaban J connectivity index is 2.28. The quantitative estimate of drug-likeness (QED) is 0.526. The topological polar surface area (TPSA) is 3.24 Å². The Hall–Kier alpha value is 0.0500. The lowest BCUT2D eigenvalue weighted by Crippen LogP contribution is -2.33. The van der Waals surface area contributed by atoms with Gasteiger partial charge >= 0.3 is 0 Å². The van der Waals surface area contributed by atoms with E-state index in [1.807, 2.05) is 0 Å². The molecule has 0 aromatic carbocycles. The molecule has 1 nitrogen and oxygen atoms in total. The van der Waals surface area contributed by atoms with E-state index in [0.717, 1.165) is 18.3 Å². The summed E-state index contributed by atoms with van der Waals surface area (Å²) < 4.78 is 0. The summed E-state index contributed by atoms with van der Waals surface area (Å²) in [7, 11) is 0. The average molecular weight is 199 g/mol. The molecule has 0 aliphatic heterocycles. The number of thiol groups is 1. The van der Waals surface area contributed by atoms with Gasteiger partial charge in [0.25, 0.3) is 0 Å². The van der Waals surface area contributed by atoms with Crippen molar-refractivity contribution >= 4 is 12.6 Å². The maximum absolute atomic E-state index is 4.16. The molecule has 0 bridgehead atoms. The lowest BCUT2D eigenvalue weighted by atomic mass is 10.2. The van der Waals surface area contributed by atoms with Crippen LogP contribution in [-0.4, -0.2) is 29.8 Å². The Morgan fingerprint density at radius 1 is 1.31 bits per heavy atom. The third-order valence-corrected chi connectivity index (χ3v) is 3.07. The number of nitrogens with zero attached hydrogens (tertiary/aromatic N) is 1. The summed E-state index contributed by atoms with van der Waals surface area (Å²) in [5, 5.41) is 0. The van der Waals surface area contributed by atoms with Crippen molar-refractivity contribution < 1.29 is 0 Å². The van der Waals surface area contributed by atoms with Gasteiger partial charge in [-0.2, -0.15) is 12.6 Å². The summed E-state index contributed by atoms with van der Waals surface area (Å²) in [6, 6.07) is 0.856. The first kappa shape index (κ1) is 11.1. The first-order valence-electron chi connectivity index (χ1n) is 5.38. The third kappa shape index (κ3) is 3.74. The molecule has 0 N–H and O–H groups in total. The first-order valence-corrected chi connectivity index (χ1v) is 6.01. The second-order valence-corrected chi connectivity index (χ2v) is 4.04. The van der Waals surface area contributed by atoms with Gasteiger partial charge < -0.3 is 0 Å². The van der Waals surface area contributed by atoms with Gasteiger partial charge in [-0.1, -0.05) is 31.9 Å². The zero-order valence-corrected chi connectivity index (χ0v) is 9.47. The Morgan fingerprint density at radius 3 is 2.54 bits per heavy atom. The molecular formula is C11H21NS. The van der Waals surface area contributed by atoms with E-state index >= 15 is 0 Å². The summed E-state index contributed by atoms with van der Waals surface area (Å²) >= 11 is 4.16. The van der Waals surface area contributed by atoms with Crippen molar-refractivity contribution in [3.63, 3.8) is 0 Å². The molecule has 76 valence electrons. The Kier molecular flexibility index (Phi) is 5.56. The van der Waals surface area contributed by atoms with E-state index in [-0.39, 0.29) is 0 Å².